The summed E-state index contributed by atoms with van der Waals surface area (Å²) >= 11 is 0. The van der Waals surface area contributed by atoms with Gasteiger partial charge in [-0.1, -0.05) is 6.07 Å². The van der Waals surface area contributed by atoms with Gasteiger partial charge in [-0.2, -0.15) is 0 Å². The molecule has 1 saturated carbocycles. The molecule has 0 amide bonds. The molecule has 20 heavy (non-hydrogen) atoms. The van der Waals surface area contributed by atoms with Crippen LogP contribution in [0, 0.1) is 0 Å². The summed E-state index contributed by atoms with van der Waals surface area (Å²) in [5, 5.41) is 3.50. The highest BCUT2D eigenvalue weighted by Gasteiger charge is 2.20. The summed E-state index contributed by atoms with van der Waals surface area (Å²) in [5.74, 6) is 0. The van der Waals surface area contributed by atoms with Gasteiger partial charge in [0.2, 0.25) is 0 Å². The number of likely N-dealkylation sites (tertiary alicyclic amines) is 1. The number of piperidine rings is 1. The minimum Gasteiger partial charge on any atom is -0.372 e. The molecule has 0 spiro atoms. The van der Waals surface area contributed by atoms with Crippen molar-refractivity contribution in [2.24, 2.45) is 0 Å². The molecule has 2 fully saturated rings. The van der Waals surface area contributed by atoms with Crippen LogP contribution in [0.25, 0.3) is 0 Å². The van der Waals surface area contributed by atoms with Crippen LogP contribution < -0.4 is 5.32 Å². The summed E-state index contributed by atoms with van der Waals surface area (Å²) in [4.78, 5) is 6.86. The third-order valence-electron chi connectivity index (χ3n) is 4.19. The van der Waals surface area contributed by atoms with Crippen LogP contribution in [0.3, 0.4) is 0 Å². The third-order valence-corrected chi connectivity index (χ3v) is 4.19. The lowest BCUT2D eigenvalue weighted by Gasteiger charge is -2.28. The van der Waals surface area contributed by atoms with Gasteiger partial charge in [-0.3, -0.25) is 4.98 Å². The van der Waals surface area contributed by atoms with E-state index in [9.17, 15) is 0 Å². The van der Waals surface area contributed by atoms with Gasteiger partial charge in [0.05, 0.1) is 18.4 Å². The highest BCUT2D eigenvalue weighted by Crippen LogP contribution is 2.19. The summed E-state index contributed by atoms with van der Waals surface area (Å²) in [7, 11) is 2.17. The molecule has 1 N–H and O–H groups in total. The molecule has 0 aromatic carbocycles. The summed E-state index contributed by atoms with van der Waals surface area (Å²) in [6.07, 6.45) is 7.32. The fourth-order valence-corrected chi connectivity index (χ4v) is 2.55. The van der Waals surface area contributed by atoms with E-state index in [1.165, 1.54) is 18.4 Å². The quantitative estimate of drug-likeness (QED) is 0.861. The molecule has 0 bridgehead atoms. The van der Waals surface area contributed by atoms with Crippen LogP contribution in [0.2, 0.25) is 0 Å². The molecule has 4 nitrogen and oxygen atoms in total. The Morgan fingerprint density at radius 3 is 2.70 bits per heavy atom. The highest BCUT2D eigenvalue weighted by atomic mass is 16.5. The number of rotatable bonds is 6. The molecule has 2 aliphatic rings. The Morgan fingerprint density at radius 1 is 1.25 bits per heavy atom. The Kier molecular flexibility index (Phi) is 4.65. The van der Waals surface area contributed by atoms with E-state index in [4.69, 9.17) is 4.74 Å². The Bertz CT molecular complexity index is 408. The van der Waals surface area contributed by atoms with E-state index < -0.39 is 0 Å². The van der Waals surface area contributed by atoms with E-state index in [0.717, 1.165) is 44.2 Å². The first-order valence-electron chi connectivity index (χ1n) is 7.77. The second kappa shape index (κ2) is 6.66. The standard InChI is InChI=1S/C16H25N3O/c1-19-8-6-16(7-9-19)20-12-15-3-2-13(11-18-15)10-17-14-4-5-14/h2-3,11,14,16-17H,4-10,12H2,1H3. The van der Waals surface area contributed by atoms with Crippen molar-refractivity contribution in [1.82, 2.24) is 15.2 Å². The Balaban J connectivity index is 1.40. The summed E-state index contributed by atoms with van der Waals surface area (Å²) in [5.41, 5.74) is 2.30. The predicted molar refractivity (Wildman–Crippen MR) is 79.4 cm³/mol. The predicted octanol–water partition coefficient (Wildman–Crippen LogP) is 1.94. The first-order chi connectivity index (χ1) is 9.79. The van der Waals surface area contributed by atoms with Crippen LogP contribution in [0.15, 0.2) is 18.3 Å². The van der Waals surface area contributed by atoms with Gasteiger partial charge < -0.3 is 15.0 Å². The summed E-state index contributed by atoms with van der Waals surface area (Å²) in [6.45, 7) is 3.87. The summed E-state index contributed by atoms with van der Waals surface area (Å²) < 4.78 is 5.96. The van der Waals surface area contributed by atoms with E-state index in [1.54, 1.807) is 0 Å². The SMILES string of the molecule is CN1CCC(OCc2ccc(CNC3CC3)cn2)CC1. The number of nitrogens with zero attached hydrogens (tertiary/aromatic N) is 2. The average Bonchev–Trinajstić information content (AvgIpc) is 3.30. The molecule has 110 valence electrons. The monoisotopic (exact) mass is 275 g/mol. The van der Waals surface area contributed by atoms with Gasteiger partial charge in [0.1, 0.15) is 0 Å². The number of ether oxygens (including phenoxy) is 1. The smallest absolute Gasteiger partial charge is 0.0891 e. The minimum absolute atomic E-state index is 0.407. The van der Waals surface area contributed by atoms with E-state index in [0.29, 0.717) is 12.7 Å². The van der Waals surface area contributed by atoms with Crippen molar-refractivity contribution >= 4 is 0 Å². The maximum atomic E-state index is 5.96. The number of nitrogens with one attached hydrogen (secondary N) is 1. The zero-order valence-electron chi connectivity index (χ0n) is 12.3. The Labute approximate surface area is 121 Å². The van der Waals surface area contributed by atoms with Gasteiger partial charge in [0.25, 0.3) is 0 Å². The molecule has 1 aromatic rings. The van der Waals surface area contributed by atoms with E-state index in [2.05, 4.69) is 34.4 Å². The second-order valence-electron chi connectivity index (χ2n) is 6.13. The van der Waals surface area contributed by atoms with Gasteiger partial charge in [-0.25, -0.2) is 0 Å². The van der Waals surface area contributed by atoms with E-state index in [-0.39, 0.29) is 0 Å². The van der Waals surface area contributed by atoms with Crippen molar-refractivity contribution in [1.29, 1.82) is 0 Å². The molecule has 2 heterocycles. The van der Waals surface area contributed by atoms with Gasteiger partial charge in [0, 0.05) is 31.9 Å². The van der Waals surface area contributed by atoms with Crippen molar-refractivity contribution in [3.63, 3.8) is 0 Å². The van der Waals surface area contributed by atoms with Crippen molar-refractivity contribution in [2.45, 2.75) is 51.0 Å². The lowest BCUT2D eigenvalue weighted by atomic mass is 10.1. The minimum atomic E-state index is 0.407. The summed E-state index contributed by atoms with van der Waals surface area (Å²) in [6, 6.07) is 5.01. The number of hydrogen-bond donors (Lipinski definition) is 1. The van der Waals surface area contributed by atoms with Crippen molar-refractivity contribution in [3.8, 4) is 0 Å². The molecule has 1 aromatic heterocycles. The number of pyridine rings is 1. The molecule has 1 saturated heterocycles. The van der Waals surface area contributed by atoms with Crippen LogP contribution in [-0.4, -0.2) is 42.2 Å². The average molecular weight is 275 g/mol. The first-order valence-corrected chi connectivity index (χ1v) is 7.77. The zero-order valence-corrected chi connectivity index (χ0v) is 12.3. The van der Waals surface area contributed by atoms with E-state index in [1.807, 2.05) is 6.20 Å². The van der Waals surface area contributed by atoms with Gasteiger partial charge in [0.15, 0.2) is 0 Å². The van der Waals surface area contributed by atoms with Crippen molar-refractivity contribution in [3.05, 3.63) is 29.6 Å². The molecular weight excluding hydrogens is 250 g/mol. The second-order valence-corrected chi connectivity index (χ2v) is 6.13. The third kappa shape index (κ3) is 4.27. The van der Waals surface area contributed by atoms with Crippen LogP contribution in [0.5, 0.6) is 0 Å². The number of aromatic nitrogens is 1. The van der Waals surface area contributed by atoms with Crippen LogP contribution in [-0.2, 0) is 17.9 Å². The molecular formula is C16H25N3O. The zero-order chi connectivity index (χ0) is 13.8. The molecule has 0 atom stereocenters. The van der Waals surface area contributed by atoms with Gasteiger partial charge in [-0.05, 0) is 44.4 Å². The molecule has 4 heteroatoms. The Hall–Kier alpha value is -0.970. The molecule has 1 aliphatic heterocycles. The maximum absolute atomic E-state index is 5.96. The topological polar surface area (TPSA) is 37.4 Å². The van der Waals surface area contributed by atoms with Crippen LogP contribution in [0.1, 0.15) is 36.9 Å². The Morgan fingerprint density at radius 2 is 2.05 bits per heavy atom. The molecule has 0 radical (unpaired) electrons. The molecule has 0 unspecified atom stereocenters. The fraction of sp³-hybridized carbons (Fsp3) is 0.688. The lowest BCUT2D eigenvalue weighted by Crippen LogP contribution is -2.34. The normalized spacial score (nSPS) is 21.2. The van der Waals surface area contributed by atoms with Crippen LogP contribution in [0.4, 0.5) is 0 Å². The maximum Gasteiger partial charge on any atom is 0.0891 e. The van der Waals surface area contributed by atoms with Crippen LogP contribution >= 0.6 is 0 Å². The molecule has 1 aliphatic carbocycles. The van der Waals surface area contributed by atoms with Gasteiger partial charge >= 0.3 is 0 Å². The van der Waals surface area contributed by atoms with Gasteiger partial charge in [-0.15, -0.1) is 0 Å². The number of hydrogen-bond acceptors (Lipinski definition) is 4. The largest absolute Gasteiger partial charge is 0.372 e. The first kappa shape index (κ1) is 14.0. The highest BCUT2D eigenvalue weighted by molar-refractivity contribution is 5.13. The van der Waals surface area contributed by atoms with Crippen molar-refractivity contribution < 1.29 is 4.74 Å². The molecule has 3 rings (SSSR count). The lowest BCUT2D eigenvalue weighted by molar-refractivity contribution is 0.000748. The van der Waals surface area contributed by atoms with E-state index >= 15 is 0 Å². The van der Waals surface area contributed by atoms with Crippen molar-refractivity contribution in [2.75, 3.05) is 20.1 Å². The fourth-order valence-electron chi connectivity index (χ4n) is 2.55.